The molecule has 0 bridgehead atoms. The molecule has 4 nitrogen and oxygen atoms in total. The Hall–Kier alpha value is -1.72. The van der Waals surface area contributed by atoms with Crippen molar-refractivity contribution in [3.05, 3.63) is 47.5 Å². The lowest BCUT2D eigenvalue weighted by Crippen LogP contribution is -2.59. The zero-order chi connectivity index (χ0) is 17.7. The van der Waals surface area contributed by atoms with Crippen LogP contribution in [0.15, 0.2) is 36.1 Å². The molecule has 134 valence electrons. The Kier molecular flexibility index (Phi) is 3.96. The Labute approximate surface area is 146 Å². The van der Waals surface area contributed by atoms with Crippen LogP contribution in [0.3, 0.4) is 0 Å². The van der Waals surface area contributed by atoms with E-state index in [4.69, 9.17) is 9.47 Å². The summed E-state index contributed by atoms with van der Waals surface area (Å²) in [7, 11) is 0. The number of aliphatic hydroxyl groups excluding tert-OH is 1. The van der Waals surface area contributed by atoms with Gasteiger partial charge in [-0.2, -0.15) is 0 Å². The minimum absolute atomic E-state index is 0.0104. The van der Waals surface area contributed by atoms with Gasteiger partial charge >= 0.3 is 0 Å². The molecule has 1 N–H and O–H groups in total. The number of aliphatic hydroxyl groups is 1. The van der Waals surface area contributed by atoms with E-state index in [9.17, 15) is 14.3 Å². The minimum Gasteiger partial charge on any atom is -0.515 e. The first-order chi connectivity index (χ1) is 12.0. The Morgan fingerprint density at radius 2 is 2.04 bits per heavy atom. The van der Waals surface area contributed by atoms with Gasteiger partial charge in [0.15, 0.2) is 11.6 Å². The molecule has 3 fully saturated rings. The van der Waals surface area contributed by atoms with E-state index in [1.165, 1.54) is 12.1 Å². The van der Waals surface area contributed by atoms with E-state index in [1.807, 2.05) is 6.07 Å². The average Bonchev–Trinajstić information content (AvgIpc) is 3.09. The van der Waals surface area contributed by atoms with E-state index in [1.54, 1.807) is 6.07 Å². The Bertz CT molecular complexity index is 722. The molecule has 1 aliphatic heterocycles. The molecular formula is C20H23FO4. The standard InChI is InChI=1S/C20H23FO4/c1-13-17-6-5-14(12-22)18(23)19(17,15-3-2-4-16(21)11-15)7-8-20(13)24-9-10-25-20/h2-4,11-13,17,22H,5-10H2,1H3/b14-12-/t13-,17-,19+/m0/s1. The largest absolute Gasteiger partial charge is 0.515 e. The van der Waals surface area contributed by atoms with Crippen molar-refractivity contribution in [2.24, 2.45) is 11.8 Å². The van der Waals surface area contributed by atoms with Gasteiger partial charge in [0.05, 0.1) is 24.9 Å². The Balaban J connectivity index is 1.84. The maximum absolute atomic E-state index is 14.0. The van der Waals surface area contributed by atoms with Crippen LogP contribution in [0.4, 0.5) is 4.39 Å². The molecule has 2 saturated carbocycles. The number of carbonyl (C=O) groups is 1. The fourth-order valence-corrected chi connectivity index (χ4v) is 5.26. The summed E-state index contributed by atoms with van der Waals surface area (Å²) in [4.78, 5) is 13.3. The van der Waals surface area contributed by atoms with E-state index in [0.717, 1.165) is 12.7 Å². The second kappa shape index (κ2) is 5.92. The predicted molar refractivity (Wildman–Crippen MR) is 89.6 cm³/mol. The molecular weight excluding hydrogens is 323 g/mol. The van der Waals surface area contributed by atoms with Crippen molar-refractivity contribution in [3.8, 4) is 0 Å². The number of benzene rings is 1. The van der Waals surface area contributed by atoms with E-state index in [0.29, 0.717) is 43.6 Å². The van der Waals surface area contributed by atoms with Gasteiger partial charge in [0.25, 0.3) is 0 Å². The van der Waals surface area contributed by atoms with Gasteiger partial charge in [-0.1, -0.05) is 19.1 Å². The minimum atomic E-state index is -0.825. The third-order valence-corrected chi connectivity index (χ3v) is 6.49. The lowest BCUT2D eigenvalue weighted by atomic mass is 9.51. The van der Waals surface area contributed by atoms with Crippen LogP contribution in [0, 0.1) is 17.7 Å². The molecule has 1 aromatic carbocycles. The number of carbonyl (C=O) groups excluding carboxylic acids is 1. The Morgan fingerprint density at radius 1 is 1.28 bits per heavy atom. The van der Waals surface area contributed by atoms with E-state index in [-0.39, 0.29) is 23.4 Å². The maximum atomic E-state index is 14.0. The average molecular weight is 346 g/mol. The van der Waals surface area contributed by atoms with Crippen molar-refractivity contribution < 1.29 is 23.8 Å². The summed E-state index contributed by atoms with van der Waals surface area (Å²) >= 11 is 0. The summed E-state index contributed by atoms with van der Waals surface area (Å²) in [5.74, 6) is -1.08. The third-order valence-electron chi connectivity index (χ3n) is 6.49. The van der Waals surface area contributed by atoms with Gasteiger partial charge in [0.1, 0.15) is 5.82 Å². The second-order valence-electron chi connectivity index (χ2n) is 7.41. The van der Waals surface area contributed by atoms with E-state index < -0.39 is 11.2 Å². The maximum Gasteiger partial charge on any atom is 0.172 e. The van der Waals surface area contributed by atoms with Crippen LogP contribution in [0.25, 0.3) is 0 Å². The first kappa shape index (κ1) is 16.7. The predicted octanol–water partition coefficient (Wildman–Crippen LogP) is 3.66. The molecule has 5 heteroatoms. The molecule has 0 aromatic heterocycles. The number of hydrogen-bond acceptors (Lipinski definition) is 4. The van der Waals surface area contributed by atoms with Crippen LogP contribution in [0.2, 0.25) is 0 Å². The number of ether oxygens (including phenoxy) is 2. The number of ketones is 1. The van der Waals surface area contributed by atoms with Crippen molar-refractivity contribution in [2.45, 2.75) is 43.8 Å². The summed E-state index contributed by atoms with van der Waals surface area (Å²) in [6.07, 6.45) is 3.31. The fourth-order valence-electron chi connectivity index (χ4n) is 5.26. The molecule has 1 spiro atoms. The molecule has 25 heavy (non-hydrogen) atoms. The smallest absolute Gasteiger partial charge is 0.172 e. The summed E-state index contributed by atoms with van der Waals surface area (Å²) < 4.78 is 25.9. The van der Waals surface area contributed by atoms with Crippen LogP contribution >= 0.6 is 0 Å². The molecule has 3 atom stereocenters. The van der Waals surface area contributed by atoms with Crippen molar-refractivity contribution in [3.63, 3.8) is 0 Å². The topological polar surface area (TPSA) is 55.8 Å². The van der Waals surface area contributed by atoms with Gasteiger partial charge in [-0.25, -0.2) is 4.39 Å². The highest BCUT2D eigenvalue weighted by Gasteiger charge is 2.61. The van der Waals surface area contributed by atoms with Crippen LogP contribution < -0.4 is 0 Å². The first-order valence-electron chi connectivity index (χ1n) is 8.95. The Morgan fingerprint density at radius 3 is 2.72 bits per heavy atom. The van der Waals surface area contributed by atoms with Crippen LogP contribution in [0.1, 0.15) is 38.2 Å². The summed E-state index contributed by atoms with van der Waals surface area (Å²) in [6.45, 7) is 3.21. The summed E-state index contributed by atoms with van der Waals surface area (Å²) in [5.41, 5.74) is 0.299. The second-order valence-corrected chi connectivity index (χ2v) is 7.41. The molecule has 0 amide bonds. The van der Waals surface area contributed by atoms with Crippen molar-refractivity contribution in [2.75, 3.05) is 13.2 Å². The lowest BCUT2D eigenvalue weighted by Gasteiger charge is -2.55. The quantitative estimate of drug-likeness (QED) is 0.623. The highest BCUT2D eigenvalue weighted by atomic mass is 19.1. The van der Waals surface area contributed by atoms with E-state index in [2.05, 4.69) is 6.92 Å². The molecule has 2 aliphatic carbocycles. The lowest BCUT2D eigenvalue weighted by molar-refractivity contribution is -0.234. The monoisotopic (exact) mass is 346 g/mol. The van der Waals surface area contributed by atoms with Crippen LogP contribution in [-0.2, 0) is 19.7 Å². The van der Waals surface area contributed by atoms with Gasteiger partial charge in [0, 0.05) is 17.9 Å². The molecule has 4 rings (SSSR count). The summed E-state index contributed by atoms with van der Waals surface area (Å²) in [5, 5.41) is 9.53. The number of Topliss-reactive ketones (excluding diaryl/α,β-unsaturated/α-hetero) is 1. The highest BCUT2D eigenvalue weighted by Crippen LogP contribution is 2.58. The van der Waals surface area contributed by atoms with Crippen molar-refractivity contribution in [1.82, 2.24) is 0 Å². The zero-order valence-electron chi connectivity index (χ0n) is 14.3. The first-order valence-corrected chi connectivity index (χ1v) is 8.95. The molecule has 1 saturated heterocycles. The van der Waals surface area contributed by atoms with Gasteiger partial charge in [-0.3, -0.25) is 4.79 Å². The van der Waals surface area contributed by atoms with Crippen LogP contribution in [-0.4, -0.2) is 29.9 Å². The third kappa shape index (κ3) is 2.29. The van der Waals surface area contributed by atoms with Gasteiger partial charge in [-0.15, -0.1) is 0 Å². The van der Waals surface area contributed by atoms with Crippen LogP contribution in [0.5, 0.6) is 0 Å². The fraction of sp³-hybridized carbons (Fsp3) is 0.550. The highest BCUT2D eigenvalue weighted by molar-refractivity contribution is 6.04. The van der Waals surface area contributed by atoms with Gasteiger partial charge < -0.3 is 14.6 Å². The molecule has 1 aromatic rings. The number of allylic oxidation sites excluding steroid dienone is 1. The zero-order valence-corrected chi connectivity index (χ0v) is 14.3. The normalized spacial score (nSPS) is 35.9. The number of fused-ring (bicyclic) bond motifs is 1. The molecule has 0 unspecified atom stereocenters. The summed E-state index contributed by atoms with van der Waals surface area (Å²) in [6, 6.07) is 6.34. The number of rotatable bonds is 1. The molecule has 1 heterocycles. The number of halogens is 1. The number of hydrogen-bond donors (Lipinski definition) is 1. The van der Waals surface area contributed by atoms with Crippen molar-refractivity contribution in [1.29, 1.82) is 0 Å². The van der Waals surface area contributed by atoms with Gasteiger partial charge in [0.2, 0.25) is 0 Å². The van der Waals surface area contributed by atoms with Crippen molar-refractivity contribution >= 4 is 5.78 Å². The SMILES string of the molecule is C[C@H]1[C@@H]2CC/C(=C/O)C(=O)[C@@]2(c2cccc(F)c2)CCC12OCCO2. The van der Waals surface area contributed by atoms with Gasteiger partial charge in [-0.05, 0) is 42.9 Å². The molecule has 3 aliphatic rings. The molecule has 0 radical (unpaired) electrons. The van der Waals surface area contributed by atoms with E-state index >= 15 is 0 Å².